The molecule has 8 heteroatoms. The molecule has 0 unspecified atom stereocenters. The molecule has 0 N–H and O–H groups in total. The number of aromatic nitrogens is 2. The van der Waals surface area contributed by atoms with Crippen LogP contribution in [0, 0.1) is 12.7 Å². The molecule has 2 aromatic rings. The lowest BCUT2D eigenvalue weighted by molar-refractivity contribution is 0.128. The van der Waals surface area contributed by atoms with Gasteiger partial charge in [0.2, 0.25) is 15.9 Å². The van der Waals surface area contributed by atoms with Crippen molar-refractivity contribution in [2.75, 3.05) is 13.1 Å². The second-order valence-corrected chi connectivity index (χ2v) is 7.57. The summed E-state index contributed by atoms with van der Waals surface area (Å²) in [4.78, 5) is -0.284. The maximum atomic E-state index is 13.8. The van der Waals surface area contributed by atoms with E-state index in [4.69, 9.17) is 4.74 Å². The highest BCUT2D eigenvalue weighted by molar-refractivity contribution is 7.89. The molecule has 24 heavy (non-hydrogen) atoms. The second kappa shape index (κ2) is 6.82. The van der Waals surface area contributed by atoms with Crippen LogP contribution in [0.1, 0.15) is 18.5 Å². The molecule has 0 aliphatic carbocycles. The van der Waals surface area contributed by atoms with E-state index in [1.807, 2.05) is 6.92 Å². The normalized spacial score (nSPS) is 16.9. The van der Waals surface area contributed by atoms with Gasteiger partial charge in [-0.25, -0.2) is 12.8 Å². The Bertz CT molecular complexity index is 804. The first-order chi connectivity index (χ1) is 11.5. The molecule has 0 saturated carbocycles. The van der Waals surface area contributed by atoms with Gasteiger partial charge in [0.05, 0.1) is 5.69 Å². The second-order valence-electron chi connectivity index (χ2n) is 5.66. The van der Waals surface area contributed by atoms with E-state index >= 15 is 0 Å². The van der Waals surface area contributed by atoms with E-state index < -0.39 is 15.8 Å². The fourth-order valence-electron chi connectivity index (χ4n) is 2.60. The molecule has 2 heterocycles. The lowest BCUT2D eigenvalue weighted by Crippen LogP contribution is -2.42. The van der Waals surface area contributed by atoms with Crippen molar-refractivity contribution in [3.8, 4) is 5.88 Å². The smallest absolute Gasteiger partial charge is 0.245 e. The maximum Gasteiger partial charge on any atom is 0.245 e. The summed E-state index contributed by atoms with van der Waals surface area (Å²) in [5.74, 6) is -0.304. The van der Waals surface area contributed by atoms with Crippen LogP contribution in [0.25, 0.3) is 0 Å². The molecule has 0 amide bonds. The summed E-state index contributed by atoms with van der Waals surface area (Å²) >= 11 is 0. The molecular weight excluding hydrogens is 333 g/mol. The van der Waals surface area contributed by atoms with E-state index in [1.54, 1.807) is 12.1 Å². The lowest BCUT2D eigenvalue weighted by atomic mass is 10.1. The van der Waals surface area contributed by atoms with Gasteiger partial charge in [-0.3, -0.25) is 0 Å². The van der Waals surface area contributed by atoms with Crippen molar-refractivity contribution in [3.63, 3.8) is 0 Å². The lowest BCUT2D eigenvalue weighted by Gasteiger charge is -2.31. The molecule has 1 fully saturated rings. The Labute approximate surface area is 140 Å². The minimum Gasteiger partial charge on any atom is -0.473 e. The summed E-state index contributed by atoms with van der Waals surface area (Å²) < 4.78 is 45.9. The molecule has 1 aliphatic heterocycles. The van der Waals surface area contributed by atoms with Crippen molar-refractivity contribution in [1.82, 2.24) is 14.5 Å². The highest BCUT2D eigenvalue weighted by Crippen LogP contribution is 2.24. The number of sulfonamides is 1. The summed E-state index contributed by atoms with van der Waals surface area (Å²) in [6, 6.07) is 8.97. The van der Waals surface area contributed by atoms with Gasteiger partial charge in [-0.05, 0) is 38.0 Å². The van der Waals surface area contributed by atoms with E-state index in [0.29, 0.717) is 18.7 Å². The molecule has 0 radical (unpaired) electrons. The van der Waals surface area contributed by atoms with E-state index in [-0.39, 0.29) is 24.1 Å². The van der Waals surface area contributed by atoms with Gasteiger partial charge in [0, 0.05) is 19.2 Å². The molecule has 0 atom stereocenters. The predicted octanol–water partition coefficient (Wildman–Crippen LogP) is 2.16. The van der Waals surface area contributed by atoms with Crippen LogP contribution in [-0.2, 0) is 10.0 Å². The van der Waals surface area contributed by atoms with Gasteiger partial charge in [-0.2, -0.15) is 9.40 Å². The number of ether oxygens (including phenoxy) is 1. The Morgan fingerprint density at radius 2 is 1.83 bits per heavy atom. The van der Waals surface area contributed by atoms with Crippen LogP contribution in [0.4, 0.5) is 4.39 Å². The third-order valence-corrected chi connectivity index (χ3v) is 5.85. The number of rotatable bonds is 4. The topological polar surface area (TPSA) is 72.4 Å². The highest BCUT2D eigenvalue weighted by Gasteiger charge is 2.31. The zero-order valence-corrected chi connectivity index (χ0v) is 14.0. The summed E-state index contributed by atoms with van der Waals surface area (Å²) in [7, 11) is -3.82. The molecule has 0 bridgehead atoms. The average Bonchev–Trinajstić information content (AvgIpc) is 2.58. The van der Waals surface area contributed by atoms with Crippen LogP contribution >= 0.6 is 0 Å². The number of nitrogens with zero attached hydrogens (tertiary/aromatic N) is 3. The maximum absolute atomic E-state index is 13.8. The summed E-state index contributed by atoms with van der Waals surface area (Å²) in [5.41, 5.74) is 0.799. The molecule has 1 saturated heterocycles. The quantitative estimate of drug-likeness (QED) is 0.844. The van der Waals surface area contributed by atoms with E-state index in [9.17, 15) is 12.8 Å². The van der Waals surface area contributed by atoms with Crippen molar-refractivity contribution in [2.24, 2.45) is 0 Å². The third kappa shape index (κ3) is 3.54. The van der Waals surface area contributed by atoms with Crippen molar-refractivity contribution < 1.29 is 17.5 Å². The molecule has 1 aromatic carbocycles. The van der Waals surface area contributed by atoms with Crippen LogP contribution in [0.5, 0.6) is 5.88 Å². The number of hydrogen-bond donors (Lipinski definition) is 0. The molecular formula is C16H18FN3O3S. The van der Waals surface area contributed by atoms with Crippen LogP contribution in [-0.4, -0.2) is 42.1 Å². The molecule has 3 rings (SSSR count). The van der Waals surface area contributed by atoms with Crippen LogP contribution in [0.15, 0.2) is 41.3 Å². The summed E-state index contributed by atoms with van der Waals surface area (Å²) in [6.45, 7) is 2.39. The van der Waals surface area contributed by atoms with Gasteiger partial charge < -0.3 is 4.74 Å². The van der Waals surface area contributed by atoms with Crippen molar-refractivity contribution in [3.05, 3.63) is 47.9 Å². The Balaban J connectivity index is 1.64. The number of hydrogen-bond acceptors (Lipinski definition) is 5. The molecule has 128 valence electrons. The van der Waals surface area contributed by atoms with Crippen molar-refractivity contribution >= 4 is 10.0 Å². The van der Waals surface area contributed by atoms with Gasteiger partial charge in [-0.15, -0.1) is 5.10 Å². The monoisotopic (exact) mass is 351 g/mol. The highest BCUT2D eigenvalue weighted by atomic mass is 32.2. The Morgan fingerprint density at radius 3 is 2.46 bits per heavy atom. The number of halogens is 1. The fraction of sp³-hybridized carbons (Fsp3) is 0.375. The standard InChI is InChI=1S/C16H18FN3O3S/c1-12-6-7-16(19-18-12)23-13-8-10-20(11-9-13)24(21,22)15-5-3-2-4-14(15)17/h2-7,13H,8-11H2,1H3. The van der Waals surface area contributed by atoms with Gasteiger partial charge in [-0.1, -0.05) is 12.1 Å². The van der Waals surface area contributed by atoms with Gasteiger partial charge in [0.15, 0.2) is 0 Å². The summed E-state index contributed by atoms with van der Waals surface area (Å²) in [5, 5.41) is 7.87. The predicted molar refractivity (Wildman–Crippen MR) is 85.6 cm³/mol. The summed E-state index contributed by atoms with van der Waals surface area (Å²) in [6.07, 6.45) is 0.904. The Morgan fingerprint density at radius 1 is 1.12 bits per heavy atom. The zero-order valence-electron chi connectivity index (χ0n) is 13.2. The minimum atomic E-state index is -3.82. The number of aryl methyl sites for hydroxylation is 1. The largest absolute Gasteiger partial charge is 0.473 e. The van der Waals surface area contributed by atoms with Crippen LogP contribution in [0.3, 0.4) is 0 Å². The molecule has 1 aliphatic rings. The number of benzene rings is 1. The first-order valence-corrected chi connectivity index (χ1v) is 9.12. The van der Waals surface area contributed by atoms with Gasteiger partial charge in [0.1, 0.15) is 16.8 Å². The van der Waals surface area contributed by atoms with E-state index in [2.05, 4.69) is 10.2 Å². The SMILES string of the molecule is Cc1ccc(OC2CCN(S(=O)(=O)c3ccccc3F)CC2)nn1. The van der Waals surface area contributed by atoms with E-state index in [1.165, 1.54) is 22.5 Å². The minimum absolute atomic E-state index is 0.130. The third-order valence-electron chi connectivity index (χ3n) is 3.92. The van der Waals surface area contributed by atoms with Gasteiger partial charge in [0.25, 0.3) is 0 Å². The van der Waals surface area contributed by atoms with Gasteiger partial charge >= 0.3 is 0 Å². The molecule has 0 spiro atoms. The fourth-order valence-corrected chi connectivity index (χ4v) is 4.14. The van der Waals surface area contributed by atoms with Crippen molar-refractivity contribution in [2.45, 2.75) is 30.8 Å². The van der Waals surface area contributed by atoms with Crippen molar-refractivity contribution in [1.29, 1.82) is 0 Å². The van der Waals surface area contributed by atoms with Crippen LogP contribution in [0.2, 0.25) is 0 Å². The number of piperidine rings is 1. The zero-order chi connectivity index (χ0) is 17.2. The first kappa shape index (κ1) is 16.8. The average molecular weight is 351 g/mol. The Hall–Kier alpha value is -2.06. The first-order valence-electron chi connectivity index (χ1n) is 7.68. The Kier molecular flexibility index (Phi) is 4.77. The molecule has 6 nitrogen and oxygen atoms in total. The van der Waals surface area contributed by atoms with E-state index in [0.717, 1.165) is 11.8 Å². The van der Waals surface area contributed by atoms with Crippen LogP contribution < -0.4 is 4.74 Å². The molecule has 1 aromatic heterocycles.